The van der Waals surface area contributed by atoms with Gasteiger partial charge in [0, 0.05) is 6.42 Å². The van der Waals surface area contributed by atoms with Gasteiger partial charge in [0.15, 0.2) is 0 Å². The summed E-state index contributed by atoms with van der Waals surface area (Å²) >= 11 is 0. The second-order valence-electron chi connectivity index (χ2n) is 4.52. The molecule has 1 fully saturated rings. The van der Waals surface area contributed by atoms with E-state index in [1.807, 2.05) is 32.1 Å². The molecule has 17 heavy (non-hydrogen) atoms. The molecule has 0 spiro atoms. The van der Waals surface area contributed by atoms with Gasteiger partial charge in [0.05, 0.1) is 18.8 Å². The minimum Gasteiger partial charge on any atom is -0.394 e. The van der Waals surface area contributed by atoms with Crippen molar-refractivity contribution in [2.75, 3.05) is 6.61 Å². The third-order valence-electron chi connectivity index (χ3n) is 2.95. The predicted molar refractivity (Wildman–Crippen MR) is 65.6 cm³/mol. The van der Waals surface area contributed by atoms with Gasteiger partial charge in [-0.3, -0.25) is 0 Å². The molecule has 1 aliphatic heterocycles. The fourth-order valence-electron chi connectivity index (χ4n) is 2.01. The van der Waals surface area contributed by atoms with Crippen LogP contribution in [0.1, 0.15) is 26.7 Å². The Morgan fingerprint density at radius 1 is 1.41 bits per heavy atom. The van der Waals surface area contributed by atoms with Crippen LogP contribution in [0.25, 0.3) is 0 Å². The number of hydrogen-bond donors (Lipinski definition) is 3. The molecular formula is C13H22O4. The van der Waals surface area contributed by atoms with Crippen LogP contribution in [-0.2, 0) is 4.74 Å². The maximum atomic E-state index is 9.66. The second kappa shape index (κ2) is 6.91. The van der Waals surface area contributed by atoms with E-state index in [9.17, 15) is 10.2 Å². The van der Waals surface area contributed by atoms with Crippen molar-refractivity contribution in [2.24, 2.45) is 0 Å². The molecule has 3 N–H and O–H groups in total. The molecule has 0 saturated carbocycles. The number of allylic oxidation sites excluding steroid dienone is 3. The zero-order chi connectivity index (χ0) is 12.8. The molecule has 1 heterocycles. The smallest absolute Gasteiger partial charge is 0.109 e. The molecule has 0 radical (unpaired) electrons. The number of rotatable bonds is 4. The average Bonchev–Trinajstić information content (AvgIpc) is 2.31. The molecule has 1 aliphatic rings. The number of ether oxygens (including phenoxy) is 1. The molecule has 1 saturated heterocycles. The van der Waals surface area contributed by atoms with Crippen LogP contribution in [0.3, 0.4) is 0 Å². The topological polar surface area (TPSA) is 69.9 Å². The van der Waals surface area contributed by atoms with Crippen molar-refractivity contribution in [1.82, 2.24) is 0 Å². The van der Waals surface area contributed by atoms with Gasteiger partial charge in [-0.15, -0.1) is 0 Å². The Morgan fingerprint density at radius 3 is 2.71 bits per heavy atom. The Morgan fingerprint density at radius 2 is 2.12 bits per heavy atom. The van der Waals surface area contributed by atoms with Gasteiger partial charge in [-0.2, -0.15) is 0 Å². The van der Waals surface area contributed by atoms with Gasteiger partial charge in [-0.05, 0) is 20.3 Å². The van der Waals surface area contributed by atoms with Crippen LogP contribution >= 0.6 is 0 Å². The van der Waals surface area contributed by atoms with Crippen molar-refractivity contribution in [2.45, 2.75) is 51.1 Å². The van der Waals surface area contributed by atoms with Crippen LogP contribution in [0.15, 0.2) is 23.8 Å². The fraction of sp³-hybridized carbons (Fsp3) is 0.692. The van der Waals surface area contributed by atoms with E-state index in [1.54, 1.807) is 0 Å². The summed E-state index contributed by atoms with van der Waals surface area (Å²) in [5.74, 6) is 0. The first-order valence-corrected chi connectivity index (χ1v) is 5.99. The molecule has 0 unspecified atom stereocenters. The summed E-state index contributed by atoms with van der Waals surface area (Å²) < 4.78 is 5.54. The lowest BCUT2D eigenvalue weighted by atomic mass is 9.94. The van der Waals surface area contributed by atoms with Gasteiger partial charge in [-0.1, -0.05) is 23.8 Å². The quantitative estimate of drug-likeness (QED) is 0.637. The Balaban J connectivity index is 2.55. The Kier molecular flexibility index (Phi) is 5.85. The molecule has 0 aromatic rings. The summed E-state index contributed by atoms with van der Waals surface area (Å²) in [6.07, 6.45) is 4.35. The third-order valence-corrected chi connectivity index (χ3v) is 2.95. The highest BCUT2D eigenvalue weighted by Gasteiger charge is 2.35. The average molecular weight is 242 g/mol. The van der Waals surface area contributed by atoms with Crippen molar-refractivity contribution in [3.63, 3.8) is 0 Å². The van der Waals surface area contributed by atoms with Crippen LogP contribution < -0.4 is 0 Å². The van der Waals surface area contributed by atoms with E-state index in [4.69, 9.17) is 9.84 Å². The predicted octanol–water partition coefficient (Wildman–Crippen LogP) is 0.770. The summed E-state index contributed by atoms with van der Waals surface area (Å²) in [4.78, 5) is 0. The Labute approximate surface area is 102 Å². The lowest BCUT2D eigenvalue weighted by Gasteiger charge is -2.36. The van der Waals surface area contributed by atoms with Gasteiger partial charge in [0.1, 0.15) is 12.2 Å². The van der Waals surface area contributed by atoms with E-state index in [-0.39, 0.29) is 12.7 Å². The maximum absolute atomic E-state index is 9.66. The highest BCUT2D eigenvalue weighted by Crippen LogP contribution is 2.24. The van der Waals surface area contributed by atoms with E-state index >= 15 is 0 Å². The molecule has 0 aromatic carbocycles. The van der Waals surface area contributed by atoms with Gasteiger partial charge in [0.2, 0.25) is 0 Å². The summed E-state index contributed by atoms with van der Waals surface area (Å²) in [5, 5.41) is 28.3. The molecule has 0 bridgehead atoms. The first-order valence-electron chi connectivity index (χ1n) is 5.99. The Bertz CT molecular complexity index is 285. The van der Waals surface area contributed by atoms with Crippen molar-refractivity contribution in [1.29, 1.82) is 0 Å². The monoisotopic (exact) mass is 242 g/mol. The lowest BCUT2D eigenvalue weighted by molar-refractivity contribution is -0.178. The largest absolute Gasteiger partial charge is 0.394 e. The molecule has 98 valence electrons. The molecule has 0 amide bonds. The van der Waals surface area contributed by atoms with Gasteiger partial charge >= 0.3 is 0 Å². The lowest BCUT2D eigenvalue weighted by Crippen LogP contribution is -2.49. The van der Waals surface area contributed by atoms with Crippen molar-refractivity contribution < 1.29 is 20.1 Å². The van der Waals surface area contributed by atoms with Gasteiger partial charge < -0.3 is 20.1 Å². The summed E-state index contributed by atoms with van der Waals surface area (Å²) in [6, 6.07) is 0. The van der Waals surface area contributed by atoms with Gasteiger partial charge in [-0.25, -0.2) is 0 Å². The van der Waals surface area contributed by atoms with E-state index in [0.717, 1.165) is 5.57 Å². The highest BCUT2D eigenvalue weighted by molar-refractivity contribution is 5.11. The summed E-state index contributed by atoms with van der Waals surface area (Å²) in [7, 11) is 0. The van der Waals surface area contributed by atoms with Gasteiger partial charge in [0.25, 0.3) is 0 Å². The number of aliphatic hydroxyl groups excluding tert-OH is 3. The first kappa shape index (κ1) is 14.4. The van der Waals surface area contributed by atoms with Crippen LogP contribution in [0, 0.1) is 0 Å². The zero-order valence-corrected chi connectivity index (χ0v) is 10.4. The van der Waals surface area contributed by atoms with Crippen LogP contribution in [0.5, 0.6) is 0 Å². The molecule has 0 aromatic heterocycles. The summed E-state index contributed by atoms with van der Waals surface area (Å²) in [6.45, 7) is 3.67. The minimum absolute atomic E-state index is 0.146. The van der Waals surface area contributed by atoms with Crippen molar-refractivity contribution in [3.05, 3.63) is 23.8 Å². The molecule has 1 rings (SSSR count). The minimum atomic E-state index is -0.990. The first-order chi connectivity index (χ1) is 8.08. The molecule has 4 nitrogen and oxygen atoms in total. The fourth-order valence-corrected chi connectivity index (χ4v) is 2.01. The van der Waals surface area contributed by atoms with E-state index < -0.39 is 18.3 Å². The maximum Gasteiger partial charge on any atom is 0.109 e. The SMILES string of the molecule is C/C=C/C=C(\C)C[C@H]1C[C@@H](O)[C@@H](O)[C@@H](CO)O1. The Hall–Kier alpha value is -0.680. The van der Waals surface area contributed by atoms with E-state index in [0.29, 0.717) is 12.8 Å². The highest BCUT2D eigenvalue weighted by atomic mass is 16.5. The number of aliphatic hydroxyl groups is 3. The summed E-state index contributed by atoms with van der Waals surface area (Å²) in [5.41, 5.74) is 1.15. The standard InChI is InChI=1S/C13H22O4/c1-3-4-5-9(2)6-10-7-11(15)13(16)12(8-14)17-10/h3-5,10-16H,6-8H2,1-2H3/b4-3+,9-5+/t10-,11+,12+,13+/m0/s1. The third kappa shape index (κ3) is 4.24. The van der Waals surface area contributed by atoms with Crippen LogP contribution in [0.4, 0.5) is 0 Å². The van der Waals surface area contributed by atoms with Crippen LogP contribution in [-0.4, -0.2) is 46.3 Å². The molecule has 4 atom stereocenters. The van der Waals surface area contributed by atoms with Crippen molar-refractivity contribution >= 4 is 0 Å². The van der Waals surface area contributed by atoms with Crippen molar-refractivity contribution in [3.8, 4) is 0 Å². The number of hydrogen-bond acceptors (Lipinski definition) is 4. The molecular weight excluding hydrogens is 220 g/mol. The van der Waals surface area contributed by atoms with E-state index in [1.165, 1.54) is 0 Å². The molecule has 0 aliphatic carbocycles. The normalized spacial score (nSPS) is 35.5. The second-order valence-corrected chi connectivity index (χ2v) is 4.52. The molecule has 4 heteroatoms. The van der Waals surface area contributed by atoms with E-state index in [2.05, 4.69) is 0 Å². The zero-order valence-electron chi connectivity index (χ0n) is 10.4. The van der Waals surface area contributed by atoms with Crippen LogP contribution in [0.2, 0.25) is 0 Å².